The summed E-state index contributed by atoms with van der Waals surface area (Å²) in [5.41, 5.74) is 4.15. The van der Waals surface area contributed by atoms with Gasteiger partial charge in [-0.1, -0.05) is 61.7 Å². The summed E-state index contributed by atoms with van der Waals surface area (Å²) >= 11 is 0. The van der Waals surface area contributed by atoms with Gasteiger partial charge >= 0.3 is 11.9 Å². The molecule has 0 aliphatic rings. The predicted octanol–water partition coefficient (Wildman–Crippen LogP) is 5.69. The predicted molar refractivity (Wildman–Crippen MR) is 119 cm³/mol. The number of hydrogen-bond acceptors (Lipinski definition) is 5. The van der Waals surface area contributed by atoms with Gasteiger partial charge in [0, 0.05) is 12.2 Å². The Labute approximate surface area is 180 Å². The van der Waals surface area contributed by atoms with E-state index in [1.54, 1.807) is 12.1 Å². The molecule has 0 amide bonds. The average molecular weight is 412 g/mol. The molecule has 0 atom stereocenters. The Kier molecular flexibility index (Phi) is 7.16. The number of ether oxygens (including phenoxy) is 3. The van der Waals surface area contributed by atoms with Crippen molar-refractivity contribution in [3.63, 3.8) is 0 Å². The van der Waals surface area contributed by atoms with Crippen molar-refractivity contribution < 1.29 is 23.8 Å². The first-order valence-corrected chi connectivity index (χ1v) is 9.39. The first-order valence-electron chi connectivity index (χ1n) is 9.39. The molecule has 0 aliphatic carbocycles. The quantitative estimate of drug-likeness (QED) is 0.206. The number of carbonyl (C=O) groups excluding carboxylic acids is 2. The molecule has 0 saturated heterocycles. The molecule has 3 aromatic carbocycles. The van der Waals surface area contributed by atoms with Crippen LogP contribution in [0.15, 0.2) is 111 Å². The molecular weight excluding hydrogens is 392 g/mol. The molecule has 0 bridgehead atoms. The molecule has 0 fully saturated rings. The van der Waals surface area contributed by atoms with Crippen LogP contribution in [0.2, 0.25) is 0 Å². The second-order valence-electron chi connectivity index (χ2n) is 6.28. The number of hydrogen-bond donors (Lipinski definition) is 0. The molecule has 154 valence electrons. The minimum Gasteiger partial charge on any atom is -0.462 e. The zero-order chi connectivity index (χ0) is 22.1. The van der Waals surface area contributed by atoms with Crippen molar-refractivity contribution in [3.8, 4) is 33.8 Å². The van der Waals surface area contributed by atoms with E-state index < -0.39 is 11.9 Å². The maximum Gasteiger partial charge on any atom is 0.335 e. The van der Waals surface area contributed by atoms with E-state index in [0.717, 1.165) is 40.7 Å². The van der Waals surface area contributed by atoms with Crippen LogP contribution in [-0.4, -0.2) is 11.9 Å². The van der Waals surface area contributed by atoms with E-state index in [0.29, 0.717) is 11.5 Å². The van der Waals surface area contributed by atoms with Gasteiger partial charge in [-0.25, -0.2) is 9.59 Å². The maximum atomic E-state index is 11.3. The van der Waals surface area contributed by atoms with Crippen LogP contribution in [0.3, 0.4) is 0 Å². The fourth-order valence-electron chi connectivity index (χ4n) is 2.70. The van der Waals surface area contributed by atoms with Gasteiger partial charge in [-0.3, -0.25) is 0 Å². The third kappa shape index (κ3) is 6.05. The smallest absolute Gasteiger partial charge is 0.335 e. The normalized spacial score (nSPS) is 10.3. The molecule has 3 rings (SSSR count). The van der Waals surface area contributed by atoms with Crippen LogP contribution in [0.25, 0.3) is 22.3 Å². The highest BCUT2D eigenvalue weighted by molar-refractivity contribution is 5.83. The average Bonchev–Trinajstić information content (AvgIpc) is 2.82. The number of rotatable bonds is 8. The van der Waals surface area contributed by atoms with Crippen LogP contribution in [0.4, 0.5) is 0 Å². The highest BCUT2D eigenvalue weighted by Gasteiger charge is 2.03. The van der Waals surface area contributed by atoms with E-state index in [4.69, 9.17) is 14.2 Å². The number of carbonyl (C=O) groups is 2. The molecule has 3 aromatic rings. The first kappa shape index (κ1) is 21.3. The summed E-state index contributed by atoms with van der Waals surface area (Å²) in [6, 6.07) is 22.9. The van der Waals surface area contributed by atoms with Gasteiger partial charge in [0.05, 0.1) is 0 Å². The summed E-state index contributed by atoms with van der Waals surface area (Å²) in [5.74, 6) is 0.0520. The number of benzene rings is 3. The topological polar surface area (TPSA) is 61.8 Å². The Morgan fingerprint density at radius 1 is 0.581 bits per heavy atom. The minimum absolute atomic E-state index is 0.473. The molecule has 5 nitrogen and oxygen atoms in total. The Bertz CT molecular complexity index is 1090. The SMILES string of the molecule is C=CC(=O)OC=COc1ccc(-c2ccc(-c3ccc(OC(=O)C=C)cc3)cc2)cc1. The lowest BCUT2D eigenvalue weighted by Crippen LogP contribution is -2.02. The Hall–Kier alpha value is -4.38. The van der Waals surface area contributed by atoms with Crippen molar-refractivity contribution in [1.82, 2.24) is 0 Å². The fourth-order valence-corrected chi connectivity index (χ4v) is 2.70. The Balaban J connectivity index is 1.63. The number of esters is 2. The van der Waals surface area contributed by atoms with Crippen LogP contribution in [-0.2, 0) is 14.3 Å². The van der Waals surface area contributed by atoms with Gasteiger partial charge in [0.1, 0.15) is 24.0 Å². The van der Waals surface area contributed by atoms with E-state index in [1.165, 1.54) is 6.26 Å². The lowest BCUT2D eigenvalue weighted by Gasteiger charge is -2.07. The van der Waals surface area contributed by atoms with Gasteiger partial charge in [0.2, 0.25) is 0 Å². The highest BCUT2D eigenvalue weighted by Crippen LogP contribution is 2.27. The molecular formula is C26H20O5. The molecule has 5 heteroatoms. The van der Waals surface area contributed by atoms with Crippen molar-refractivity contribution in [1.29, 1.82) is 0 Å². The second-order valence-corrected chi connectivity index (χ2v) is 6.28. The minimum atomic E-state index is -0.550. The summed E-state index contributed by atoms with van der Waals surface area (Å²) < 4.78 is 15.2. The van der Waals surface area contributed by atoms with Crippen molar-refractivity contribution in [2.45, 2.75) is 0 Å². The third-order valence-electron chi connectivity index (χ3n) is 4.26. The molecule has 0 aromatic heterocycles. The van der Waals surface area contributed by atoms with E-state index >= 15 is 0 Å². The highest BCUT2D eigenvalue weighted by atomic mass is 16.5. The Morgan fingerprint density at radius 3 is 1.45 bits per heavy atom. The van der Waals surface area contributed by atoms with Gasteiger partial charge < -0.3 is 14.2 Å². The van der Waals surface area contributed by atoms with Crippen LogP contribution < -0.4 is 9.47 Å². The van der Waals surface area contributed by atoms with Gasteiger partial charge in [-0.2, -0.15) is 0 Å². The van der Waals surface area contributed by atoms with E-state index in [2.05, 4.69) is 13.2 Å². The van der Waals surface area contributed by atoms with Crippen molar-refractivity contribution in [2.24, 2.45) is 0 Å². The van der Waals surface area contributed by atoms with Gasteiger partial charge in [-0.15, -0.1) is 0 Å². The zero-order valence-corrected chi connectivity index (χ0v) is 16.7. The monoisotopic (exact) mass is 412 g/mol. The summed E-state index contributed by atoms with van der Waals surface area (Å²) in [5, 5.41) is 0. The molecule has 31 heavy (non-hydrogen) atoms. The molecule has 0 aliphatic heterocycles. The first-order chi connectivity index (χ1) is 15.1. The standard InChI is InChI=1S/C26H20O5/c1-3-25(27)30-18-17-29-23-13-9-21(10-14-23)19-5-7-20(8-6-19)22-11-15-24(16-12-22)31-26(28)4-2/h3-18H,1-2H2. The lowest BCUT2D eigenvalue weighted by molar-refractivity contribution is -0.132. The Morgan fingerprint density at radius 2 is 1.00 bits per heavy atom. The van der Waals surface area contributed by atoms with Crippen molar-refractivity contribution in [3.05, 3.63) is 111 Å². The van der Waals surface area contributed by atoms with E-state index in [1.807, 2.05) is 60.7 Å². The van der Waals surface area contributed by atoms with Crippen molar-refractivity contribution in [2.75, 3.05) is 0 Å². The molecule has 0 radical (unpaired) electrons. The van der Waals surface area contributed by atoms with Crippen molar-refractivity contribution >= 4 is 11.9 Å². The molecule has 0 spiro atoms. The van der Waals surface area contributed by atoms with Crippen LogP contribution >= 0.6 is 0 Å². The molecule has 0 heterocycles. The van der Waals surface area contributed by atoms with Crippen LogP contribution in [0, 0.1) is 0 Å². The van der Waals surface area contributed by atoms with Crippen LogP contribution in [0.1, 0.15) is 0 Å². The van der Waals surface area contributed by atoms with Gasteiger partial charge in [0.15, 0.2) is 0 Å². The largest absolute Gasteiger partial charge is 0.462 e. The fraction of sp³-hybridized carbons (Fsp3) is 0. The maximum absolute atomic E-state index is 11.3. The molecule has 0 saturated carbocycles. The molecule has 0 unspecified atom stereocenters. The summed E-state index contributed by atoms with van der Waals surface area (Å²) in [4.78, 5) is 22.2. The second kappa shape index (κ2) is 10.4. The van der Waals surface area contributed by atoms with Gasteiger partial charge in [0.25, 0.3) is 0 Å². The summed E-state index contributed by atoms with van der Waals surface area (Å²) in [6.07, 6.45) is 4.64. The summed E-state index contributed by atoms with van der Waals surface area (Å²) in [6.45, 7) is 6.69. The molecule has 0 N–H and O–H groups in total. The van der Waals surface area contributed by atoms with Crippen LogP contribution in [0.5, 0.6) is 11.5 Å². The zero-order valence-electron chi connectivity index (χ0n) is 16.7. The van der Waals surface area contributed by atoms with Gasteiger partial charge in [-0.05, 0) is 46.5 Å². The van der Waals surface area contributed by atoms with E-state index in [9.17, 15) is 9.59 Å². The third-order valence-corrected chi connectivity index (χ3v) is 4.26. The van der Waals surface area contributed by atoms with E-state index in [-0.39, 0.29) is 0 Å². The summed E-state index contributed by atoms with van der Waals surface area (Å²) in [7, 11) is 0. The lowest BCUT2D eigenvalue weighted by atomic mass is 10.0.